The Morgan fingerprint density at radius 3 is 2.61 bits per heavy atom. The fraction of sp³-hybridized carbons (Fsp3) is 0.389. The lowest BCUT2D eigenvalue weighted by molar-refractivity contribution is -0.127. The van der Waals surface area contributed by atoms with Gasteiger partial charge in [-0.2, -0.15) is 5.10 Å². The molecule has 0 spiro atoms. The van der Waals surface area contributed by atoms with E-state index in [0.29, 0.717) is 36.7 Å². The van der Waals surface area contributed by atoms with Crippen LogP contribution in [0.3, 0.4) is 0 Å². The zero-order valence-corrected chi connectivity index (χ0v) is 15.5. The first-order valence-electron chi connectivity index (χ1n) is 9.06. The molecule has 2 aromatic rings. The number of hydrogen-bond acceptors (Lipinski definition) is 5. The third kappa shape index (κ3) is 3.80. The van der Waals surface area contributed by atoms with Crippen LogP contribution in [0, 0.1) is 5.92 Å². The molecule has 1 saturated heterocycles. The molecular formula is C18H22N6O4. The van der Waals surface area contributed by atoms with Gasteiger partial charge in [0.2, 0.25) is 5.91 Å². The number of aromatic nitrogens is 2. The number of benzene rings is 1. The number of hydrazine groups is 1. The third-order valence-electron chi connectivity index (χ3n) is 4.79. The molecule has 0 unspecified atom stereocenters. The molecule has 1 fully saturated rings. The first-order chi connectivity index (χ1) is 13.4. The summed E-state index contributed by atoms with van der Waals surface area (Å²) < 4.78 is 1.20. The van der Waals surface area contributed by atoms with Gasteiger partial charge in [-0.15, -0.1) is 0 Å². The summed E-state index contributed by atoms with van der Waals surface area (Å²) in [5, 5.41) is 4.90. The molecule has 4 N–H and O–H groups in total. The molecule has 1 aliphatic rings. The topological polar surface area (TPSA) is 139 Å². The number of nitrogens with zero attached hydrogens (tertiary/aromatic N) is 3. The minimum atomic E-state index is -0.630. The smallest absolute Gasteiger partial charge is 0.314 e. The highest BCUT2D eigenvalue weighted by Crippen LogP contribution is 2.16. The van der Waals surface area contributed by atoms with Crippen LogP contribution >= 0.6 is 0 Å². The van der Waals surface area contributed by atoms with Crippen LogP contribution in [-0.4, -0.2) is 45.6 Å². The molecule has 1 aromatic carbocycles. The lowest BCUT2D eigenvalue weighted by Crippen LogP contribution is -2.51. The van der Waals surface area contributed by atoms with E-state index in [-0.39, 0.29) is 17.8 Å². The molecule has 3 rings (SSSR count). The summed E-state index contributed by atoms with van der Waals surface area (Å²) in [6.45, 7) is 2.78. The molecule has 148 valence electrons. The van der Waals surface area contributed by atoms with Gasteiger partial charge in [-0.25, -0.2) is 9.48 Å². The van der Waals surface area contributed by atoms with Crippen molar-refractivity contribution in [1.29, 1.82) is 0 Å². The van der Waals surface area contributed by atoms with Crippen molar-refractivity contribution in [3.8, 4) is 0 Å². The van der Waals surface area contributed by atoms with Crippen molar-refractivity contribution in [3.05, 3.63) is 40.3 Å². The SMILES string of the molecule is CCn1nc(C(=O)NNC(=O)[C@@H]2CCCN(C(N)=O)C2)c2ccccc2c1=O. The molecule has 10 nitrogen and oxygen atoms in total. The highest BCUT2D eigenvalue weighted by molar-refractivity contribution is 6.05. The van der Waals surface area contributed by atoms with Gasteiger partial charge in [0.1, 0.15) is 0 Å². The van der Waals surface area contributed by atoms with E-state index in [1.54, 1.807) is 31.2 Å². The number of likely N-dealkylation sites (tertiary alicyclic amines) is 1. The van der Waals surface area contributed by atoms with E-state index in [1.165, 1.54) is 9.58 Å². The van der Waals surface area contributed by atoms with E-state index in [2.05, 4.69) is 16.0 Å². The summed E-state index contributed by atoms with van der Waals surface area (Å²) in [4.78, 5) is 50.0. The van der Waals surface area contributed by atoms with Crippen LogP contribution in [0.15, 0.2) is 29.1 Å². The van der Waals surface area contributed by atoms with E-state index >= 15 is 0 Å². The molecule has 0 saturated carbocycles. The van der Waals surface area contributed by atoms with E-state index in [1.807, 2.05) is 0 Å². The number of fused-ring (bicyclic) bond motifs is 1. The van der Waals surface area contributed by atoms with Crippen LogP contribution in [0.25, 0.3) is 10.8 Å². The first-order valence-corrected chi connectivity index (χ1v) is 9.06. The molecule has 1 aromatic heterocycles. The standard InChI is InChI=1S/C18H22N6O4/c1-2-24-17(27)13-8-4-3-7-12(13)14(22-24)16(26)21-20-15(25)11-6-5-9-23(10-11)18(19)28/h3-4,7-8,11H,2,5-6,9-10H2,1H3,(H2,19,28)(H,20,25)(H,21,26)/t11-/m1/s1. The molecule has 28 heavy (non-hydrogen) atoms. The summed E-state index contributed by atoms with van der Waals surface area (Å²) in [6, 6.07) is 6.10. The number of piperidine rings is 1. The van der Waals surface area contributed by atoms with Crippen LogP contribution in [-0.2, 0) is 11.3 Å². The molecule has 0 bridgehead atoms. The average molecular weight is 386 g/mol. The fourth-order valence-electron chi connectivity index (χ4n) is 3.29. The van der Waals surface area contributed by atoms with Crippen LogP contribution < -0.4 is 22.1 Å². The van der Waals surface area contributed by atoms with Gasteiger partial charge in [0, 0.05) is 25.0 Å². The Kier molecular flexibility index (Phi) is 5.57. The Labute approximate surface area is 160 Å². The van der Waals surface area contributed by atoms with E-state index in [9.17, 15) is 19.2 Å². The van der Waals surface area contributed by atoms with Gasteiger partial charge in [-0.1, -0.05) is 18.2 Å². The number of hydrogen-bond donors (Lipinski definition) is 3. The predicted octanol–water partition coefficient (Wildman–Crippen LogP) is -0.0319. The lowest BCUT2D eigenvalue weighted by Gasteiger charge is -2.30. The number of carbonyl (C=O) groups is 3. The Morgan fingerprint density at radius 1 is 1.21 bits per heavy atom. The summed E-state index contributed by atoms with van der Waals surface area (Å²) in [5.41, 5.74) is 9.76. The van der Waals surface area contributed by atoms with E-state index < -0.39 is 23.8 Å². The summed E-state index contributed by atoms with van der Waals surface area (Å²) in [6.07, 6.45) is 1.25. The van der Waals surface area contributed by atoms with Gasteiger partial charge in [0.15, 0.2) is 5.69 Å². The number of carbonyl (C=O) groups excluding carboxylic acids is 3. The minimum absolute atomic E-state index is 0.0414. The molecule has 4 amide bonds. The van der Waals surface area contributed by atoms with Crippen molar-refractivity contribution in [1.82, 2.24) is 25.5 Å². The van der Waals surface area contributed by atoms with Crippen molar-refractivity contribution >= 4 is 28.6 Å². The van der Waals surface area contributed by atoms with Crippen molar-refractivity contribution in [2.75, 3.05) is 13.1 Å². The van der Waals surface area contributed by atoms with Gasteiger partial charge in [-0.3, -0.25) is 25.2 Å². The number of amides is 4. The predicted molar refractivity (Wildman–Crippen MR) is 101 cm³/mol. The second-order valence-electron chi connectivity index (χ2n) is 6.58. The summed E-state index contributed by atoms with van der Waals surface area (Å²) >= 11 is 0. The van der Waals surface area contributed by atoms with Gasteiger partial charge in [0.25, 0.3) is 11.5 Å². The van der Waals surface area contributed by atoms with Crippen LogP contribution in [0.2, 0.25) is 0 Å². The Hall–Kier alpha value is -3.43. The first kappa shape index (κ1) is 19.3. The second kappa shape index (κ2) is 8.07. The van der Waals surface area contributed by atoms with Gasteiger partial charge in [0.05, 0.1) is 11.3 Å². The fourth-order valence-corrected chi connectivity index (χ4v) is 3.29. The van der Waals surface area contributed by atoms with Crippen molar-refractivity contribution in [2.24, 2.45) is 11.7 Å². The maximum atomic E-state index is 12.6. The second-order valence-corrected chi connectivity index (χ2v) is 6.58. The number of rotatable bonds is 3. The number of nitrogens with one attached hydrogen (secondary N) is 2. The van der Waals surface area contributed by atoms with Crippen LogP contribution in [0.5, 0.6) is 0 Å². The van der Waals surface area contributed by atoms with Crippen molar-refractivity contribution < 1.29 is 14.4 Å². The van der Waals surface area contributed by atoms with Crippen LogP contribution in [0.1, 0.15) is 30.3 Å². The zero-order chi connectivity index (χ0) is 20.3. The Morgan fingerprint density at radius 2 is 1.93 bits per heavy atom. The monoisotopic (exact) mass is 386 g/mol. The Bertz CT molecular complexity index is 986. The highest BCUT2D eigenvalue weighted by atomic mass is 16.2. The molecular weight excluding hydrogens is 364 g/mol. The average Bonchev–Trinajstić information content (AvgIpc) is 2.72. The number of nitrogens with two attached hydrogens (primary N) is 1. The van der Waals surface area contributed by atoms with Crippen LogP contribution in [0.4, 0.5) is 4.79 Å². The Balaban J connectivity index is 1.75. The number of aryl methyl sites for hydroxylation is 1. The van der Waals surface area contributed by atoms with E-state index in [4.69, 9.17) is 5.73 Å². The quantitative estimate of drug-likeness (QED) is 0.636. The summed E-state index contributed by atoms with van der Waals surface area (Å²) in [7, 11) is 0. The van der Waals surface area contributed by atoms with Crippen molar-refractivity contribution in [3.63, 3.8) is 0 Å². The molecule has 0 aliphatic carbocycles. The lowest BCUT2D eigenvalue weighted by atomic mass is 9.98. The molecule has 0 radical (unpaired) electrons. The van der Waals surface area contributed by atoms with Gasteiger partial charge in [-0.05, 0) is 25.8 Å². The van der Waals surface area contributed by atoms with E-state index in [0.717, 1.165) is 0 Å². The summed E-state index contributed by atoms with van der Waals surface area (Å²) in [5.74, 6) is -1.50. The van der Waals surface area contributed by atoms with Crippen molar-refractivity contribution in [2.45, 2.75) is 26.3 Å². The minimum Gasteiger partial charge on any atom is -0.351 e. The molecule has 1 aliphatic heterocycles. The molecule has 2 heterocycles. The normalized spacial score (nSPS) is 16.6. The maximum absolute atomic E-state index is 12.6. The van der Waals surface area contributed by atoms with Gasteiger partial charge >= 0.3 is 6.03 Å². The third-order valence-corrected chi connectivity index (χ3v) is 4.79. The zero-order valence-electron chi connectivity index (χ0n) is 15.5. The maximum Gasteiger partial charge on any atom is 0.314 e. The number of primary amides is 1. The highest BCUT2D eigenvalue weighted by Gasteiger charge is 2.28. The van der Waals surface area contributed by atoms with Gasteiger partial charge < -0.3 is 10.6 Å². The molecule has 1 atom stereocenters. The molecule has 10 heteroatoms. The largest absolute Gasteiger partial charge is 0.351 e. The number of urea groups is 1.